The van der Waals surface area contributed by atoms with Gasteiger partial charge >= 0.3 is 6.61 Å². The van der Waals surface area contributed by atoms with E-state index in [4.69, 9.17) is 0 Å². The Hall–Kier alpha value is -1.78. The van der Waals surface area contributed by atoms with Gasteiger partial charge in [-0.3, -0.25) is 9.59 Å². The summed E-state index contributed by atoms with van der Waals surface area (Å²) in [6.45, 7) is -0.225. The summed E-state index contributed by atoms with van der Waals surface area (Å²) in [4.78, 5) is 21.8. The number of hydrogen-bond acceptors (Lipinski definition) is 3. The molecule has 0 amide bonds. The molecule has 0 saturated carbocycles. The molecule has 1 rings (SSSR count). The van der Waals surface area contributed by atoms with Crippen LogP contribution in [0.3, 0.4) is 0 Å². The Kier molecular flexibility index (Phi) is 3.71. The summed E-state index contributed by atoms with van der Waals surface area (Å²) < 4.78 is 28.4. The van der Waals surface area contributed by atoms with E-state index in [0.717, 1.165) is 0 Å². The zero-order valence-electron chi connectivity index (χ0n) is 8.79. The Morgan fingerprint density at radius 3 is 2.50 bits per heavy atom. The minimum atomic E-state index is -2.99. The molecule has 0 spiro atoms. The minimum Gasteiger partial charge on any atom is -0.435 e. The van der Waals surface area contributed by atoms with E-state index in [1.807, 2.05) is 0 Å². The molecule has 5 heteroatoms. The van der Waals surface area contributed by atoms with Crippen LogP contribution >= 0.6 is 0 Å². The molecule has 0 aliphatic carbocycles. The zero-order chi connectivity index (χ0) is 12.3. The first-order valence-electron chi connectivity index (χ1n) is 4.51. The molecule has 86 valence electrons. The third-order valence-corrected chi connectivity index (χ3v) is 2.15. The molecule has 0 unspecified atom stereocenters. The van der Waals surface area contributed by atoms with Gasteiger partial charge in [0, 0.05) is 16.7 Å². The van der Waals surface area contributed by atoms with Crippen LogP contribution in [0.5, 0.6) is 5.75 Å². The molecule has 0 aliphatic rings. The van der Waals surface area contributed by atoms with Crippen molar-refractivity contribution in [3.8, 4) is 5.75 Å². The number of alkyl halides is 2. The molecule has 0 heterocycles. The molecule has 0 N–H and O–H groups in total. The third kappa shape index (κ3) is 2.62. The quantitative estimate of drug-likeness (QED) is 0.587. The van der Waals surface area contributed by atoms with Gasteiger partial charge in [-0.1, -0.05) is 0 Å². The molecule has 0 aromatic heterocycles. The molecule has 0 radical (unpaired) electrons. The molecule has 0 atom stereocenters. The second-order valence-electron chi connectivity index (χ2n) is 3.24. The maximum Gasteiger partial charge on any atom is 0.387 e. The maximum absolute atomic E-state index is 12.1. The fourth-order valence-electron chi connectivity index (χ4n) is 1.25. The largest absolute Gasteiger partial charge is 0.435 e. The summed E-state index contributed by atoms with van der Waals surface area (Å²) >= 11 is 0. The van der Waals surface area contributed by atoms with Crippen molar-refractivity contribution in [2.24, 2.45) is 0 Å². The fourth-order valence-corrected chi connectivity index (χ4v) is 1.25. The number of Topliss-reactive ketones (excluding diaryl/α,β-unsaturated/α-hetero) is 1. The number of halogens is 2. The van der Waals surface area contributed by atoms with Crippen molar-refractivity contribution < 1.29 is 23.1 Å². The summed E-state index contributed by atoms with van der Waals surface area (Å²) in [7, 11) is 0. The van der Waals surface area contributed by atoms with Crippen molar-refractivity contribution in [2.75, 3.05) is 0 Å². The van der Waals surface area contributed by atoms with Gasteiger partial charge in [-0.2, -0.15) is 8.78 Å². The summed E-state index contributed by atoms with van der Waals surface area (Å²) in [6, 6.07) is 2.56. The van der Waals surface area contributed by atoms with Gasteiger partial charge in [-0.25, -0.2) is 0 Å². The monoisotopic (exact) mass is 228 g/mol. The van der Waals surface area contributed by atoms with Gasteiger partial charge in [0.15, 0.2) is 5.78 Å². The van der Waals surface area contributed by atoms with Crippen LogP contribution in [0.2, 0.25) is 0 Å². The van der Waals surface area contributed by atoms with Gasteiger partial charge in [0.25, 0.3) is 0 Å². The second kappa shape index (κ2) is 4.83. The SMILES string of the molecule is CC(=O)c1cc(C=O)c(C)c(OC(F)F)c1. The Balaban J connectivity index is 3.29. The van der Waals surface area contributed by atoms with E-state index in [-0.39, 0.29) is 22.7 Å². The van der Waals surface area contributed by atoms with Crippen molar-refractivity contribution >= 4 is 12.1 Å². The second-order valence-corrected chi connectivity index (χ2v) is 3.24. The first-order valence-corrected chi connectivity index (χ1v) is 4.51. The summed E-state index contributed by atoms with van der Waals surface area (Å²) in [5.74, 6) is -0.466. The van der Waals surface area contributed by atoms with Crippen LogP contribution in [0.15, 0.2) is 12.1 Å². The van der Waals surface area contributed by atoms with Crippen LogP contribution in [0.4, 0.5) is 8.78 Å². The van der Waals surface area contributed by atoms with Gasteiger partial charge in [-0.15, -0.1) is 0 Å². The van der Waals surface area contributed by atoms with Crippen molar-refractivity contribution in [3.05, 3.63) is 28.8 Å². The molecular formula is C11H10F2O3. The van der Waals surface area contributed by atoms with Crippen LogP contribution in [0.1, 0.15) is 33.2 Å². The highest BCUT2D eigenvalue weighted by atomic mass is 19.3. The summed E-state index contributed by atoms with van der Waals surface area (Å²) in [6.07, 6.45) is 0.500. The van der Waals surface area contributed by atoms with Crippen LogP contribution in [0.25, 0.3) is 0 Å². The molecule has 1 aromatic rings. The number of carbonyl (C=O) groups excluding carboxylic acids is 2. The molecular weight excluding hydrogens is 218 g/mol. The number of hydrogen-bond donors (Lipinski definition) is 0. The van der Waals surface area contributed by atoms with Gasteiger partial charge < -0.3 is 4.74 Å². The topological polar surface area (TPSA) is 43.4 Å². The average molecular weight is 228 g/mol. The first kappa shape index (κ1) is 12.3. The highest BCUT2D eigenvalue weighted by molar-refractivity contribution is 5.96. The summed E-state index contributed by atoms with van der Waals surface area (Å²) in [5.41, 5.74) is 0.631. The number of benzene rings is 1. The fraction of sp³-hybridized carbons (Fsp3) is 0.273. The third-order valence-electron chi connectivity index (χ3n) is 2.15. The predicted molar refractivity (Wildman–Crippen MR) is 53.2 cm³/mol. The number of aldehydes is 1. The normalized spacial score (nSPS) is 10.3. The predicted octanol–water partition coefficient (Wildman–Crippen LogP) is 2.61. The standard InChI is InChI=1S/C11H10F2O3/c1-6-9(5-14)3-8(7(2)15)4-10(6)16-11(12)13/h3-5,11H,1-2H3. The Bertz CT molecular complexity index is 427. The molecule has 0 bridgehead atoms. The lowest BCUT2D eigenvalue weighted by Gasteiger charge is -2.10. The summed E-state index contributed by atoms with van der Waals surface area (Å²) in [5, 5.41) is 0. The Morgan fingerprint density at radius 1 is 1.44 bits per heavy atom. The maximum atomic E-state index is 12.1. The first-order chi connectivity index (χ1) is 7.45. The van der Waals surface area contributed by atoms with E-state index in [2.05, 4.69) is 4.74 Å². The average Bonchev–Trinajstić information content (AvgIpc) is 2.20. The number of ketones is 1. The van der Waals surface area contributed by atoms with Crippen LogP contribution in [-0.4, -0.2) is 18.7 Å². The van der Waals surface area contributed by atoms with Crippen LogP contribution in [0, 0.1) is 6.92 Å². The number of rotatable bonds is 4. The van der Waals surface area contributed by atoms with Crippen LogP contribution < -0.4 is 4.74 Å². The van der Waals surface area contributed by atoms with E-state index in [9.17, 15) is 18.4 Å². The molecule has 0 fully saturated rings. The van der Waals surface area contributed by atoms with Crippen molar-refractivity contribution in [2.45, 2.75) is 20.5 Å². The lowest BCUT2D eigenvalue weighted by Crippen LogP contribution is -2.06. The molecule has 3 nitrogen and oxygen atoms in total. The zero-order valence-corrected chi connectivity index (χ0v) is 8.79. The van der Waals surface area contributed by atoms with E-state index >= 15 is 0 Å². The lowest BCUT2D eigenvalue weighted by molar-refractivity contribution is -0.0503. The molecule has 16 heavy (non-hydrogen) atoms. The Labute approximate surface area is 91.0 Å². The lowest BCUT2D eigenvalue weighted by atomic mass is 10.0. The minimum absolute atomic E-state index is 0.148. The van der Waals surface area contributed by atoms with Crippen molar-refractivity contribution in [1.82, 2.24) is 0 Å². The van der Waals surface area contributed by atoms with Gasteiger partial charge in [0.2, 0.25) is 0 Å². The highest BCUT2D eigenvalue weighted by Crippen LogP contribution is 2.25. The van der Waals surface area contributed by atoms with E-state index in [1.54, 1.807) is 0 Å². The van der Waals surface area contributed by atoms with Crippen molar-refractivity contribution in [3.63, 3.8) is 0 Å². The number of ether oxygens (including phenoxy) is 1. The van der Waals surface area contributed by atoms with Crippen molar-refractivity contribution in [1.29, 1.82) is 0 Å². The van der Waals surface area contributed by atoms with E-state index < -0.39 is 6.61 Å². The molecule has 0 saturated heterocycles. The Morgan fingerprint density at radius 2 is 2.06 bits per heavy atom. The highest BCUT2D eigenvalue weighted by Gasteiger charge is 2.13. The number of carbonyl (C=O) groups is 2. The smallest absolute Gasteiger partial charge is 0.387 e. The van der Waals surface area contributed by atoms with Gasteiger partial charge in [0.05, 0.1) is 0 Å². The van der Waals surface area contributed by atoms with Crippen LogP contribution in [-0.2, 0) is 0 Å². The van der Waals surface area contributed by atoms with E-state index in [1.165, 1.54) is 26.0 Å². The molecule has 0 aliphatic heterocycles. The van der Waals surface area contributed by atoms with E-state index in [0.29, 0.717) is 11.8 Å². The van der Waals surface area contributed by atoms with Gasteiger partial charge in [0.1, 0.15) is 12.0 Å². The molecule has 1 aromatic carbocycles. The van der Waals surface area contributed by atoms with Gasteiger partial charge in [-0.05, 0) is 26.0 Å².